The summed E-state index contributed by atoms with van der Waals surface area (Å²) in [7, 11) is 0. The highest BCUT2D eigenvalue weighted by molar-refractivity contribution is 5.81. The van der Waals surface area contributed by atoms with Crippen molar-refractivity contribution in [1.82, 2.24) is 5.32 Å². The monoisotopic (exact) mass is 216 g/mol. The van der Waals surface area contributed by atoms with Gasteiger partial charge in [-0.15, -0.1) is 0 Å². The summed E-state index contributed by atoms with van der Waals surface area (Å²) in [6.45, 7) is 6.04. The second-order valence-corrected chi connectivity index (χ2v) is 3.65. The lowest BCUT2D eigenvalue weighted by Crippen LogP contribution is -2.41. The van der Waals surface area contributed by atoms with Crippen molar-refractivity contribution in [2.24, 2.45) is 5.73 Å². The minimum atomic E-state index is -0.370. The molecule has 1 atom stereocenters. The van der Waals surface area contributed by atoms with E-state index in [4.69, 9.17) is 10.5 Å². The molecule has 0 radical (unpaired) electrons. The van der Waals surface area contributed by atoms with Gasteiger partial charge in [-0.2, -0.15) is 0 Å². The number of carbonyl (C=O) groups is 1. The van der Waals surface area contributed by atoms with Crippen molar-refractivity contribution in [2.45, 2.75) is 45.6 Å². The summed E-state index contributed by atoms with van der Waals surface area (Å²) < 4.78 is 5.31. The smallest absolute Gasteiger partial charge is 0.236 e. The zero-order valence-electron chi connectivity index (χ0n) is 9.92. The van der Waals surface area contributed by atoms with Crippen molar-refractivity contribution in [1.29, 1.82) is 0 Å². The Kier molecular flexibility index (Phi) is 9.52. The molecule has 3 N–H and O–H groups in total. The van der Waals surface area contributed by atoms with Crippen LogP contribution < -0.4 is 11.1 Å². The Balaban J connectivity index is 3.30. The van der Waals surface area contributed by atoms with E-state index in [1.807, 2.05) is 6.92 Å². The van der Waals surface area contributed by atoms with E-state index in [0.717, 1.165) is 32.3 Å². The molecule has 0 aliphatic heterocycles. The molecule has 0 aliphatic rings. The van der Waals surface area contributed by atoms with E-state index in [1.54, 1.807) is 0 Å². The largest absolute Gasteiger partial charge is 0.380 e. The molecule has 0 fully saturated rings. The summed E-state index contributed by atoms with van der Waals surface area (Å²) in [4.78, 5) is 11.3. The Morgan fingerprint density at radius 3 is 2.67 bits per heavy atom. The van der Waals surface area contributed by atoms with Crippen LogP contribution in [0.1, 0.15) is 39.5 Å². The molecule has 4 nitrogen and oxygen atoms in total. The Bertz CT molecular complexity index is 163. The zero-order valence-corrected chi connectivity index (χ0v) is 9.92. The quantitative estimate of drug-likeness (QED) is 0.566. The maximum atomic E-state index is 11.3. The molecule has 15 heavy (non-hydrogen) atoms. The third kappa shape index (κ3) is 8.39. The fourth-order valence-corrected chi connectivity index (χ4v) is 1.17. The van der Waals surface area contributed by atoms with Gasteiger partial charge in [-0.25, -0.2) is 0 Å². The molecule has 4 heteroatoms. The number of hydrogen-bond donors (Lipinski definition) is 2. The Morgan fingerprint density at radius 2 is 2.07 bits per heavy atom. The SMILES string of the molecule is CCCCOCCNC(=O)C(N)CCC. The molecule has 0 aromatic rings. The standard InChI is InChI=1S/C11H24N2O2/c1-3-5-8-15-9-7-13-11(14)10(12)6-4-2/h10H,3-9,12H2,1-2H3,(H,13,14). The second-order valence-electron chi connectivity index (χ2n) is 3.65. The van der Waals surface area contributed by atoms with Gasteiger partial charge in [0.25, 0.3) is 0 Å². The Hall–Kier alpha value is -0.610. The van der Waals surface area contributed by atoms with Gasteiger partial charge in [0.2, 0.25) is 5.91 Å². The number of nitrogens with one attached hydrogen (secondary N) is 1. The van der Waals surface area contributed by atoms with E-state index in [2.05, 4.69) is 12.2 Å². The van der Waals surface area contributed by atoms with Gasteiger partial charge >= 0.3 is 0 Å². The number of hydrogen-bond acceptors (Lipinski definition) is 3. The van der Waals surface area contributed by atoms with Gasteiger partial charge in [0.15, 0.2) is 0 Å². The number of amides is 1. The lowest BCUT2D eigenvalue weighted by molar-refractivity contribution is -0.122. The zero-order chi connectivity index (χ0) is 11.5. The third-order valence-electron chi connectivity index (χ3n) is 2.12. The van der Waals surface area contributed by atoms with Crippen LogP contribution in [0, 0.1) is 0 Å². The summed E-state index contributed by atoms with van der Waals surface area (Å²) in [5.41, 5.74) is 5.64. The van der Waals surface area contributed by atoms with Gasteiger partial charge in [-0.1, -0.05) is 26.7 Å². The van der Waals surface area contributed by atoms with Crippen LogP contribution in [0.2, 0.25) is 0 Å². The molecule has 0 saturated carbocycles. The molecular weight excluding hydrogens is 192 g/mol. The van der Waals surface area contributed by atoms with Crippen molar-refractivity contribution in [3.63, 3.8) is 0 Å². The van der Waals surface area contributed by atoms with Crippen LogP contribution in [0.25, 0.3) is 0 Å². The van der Waals surface area contributed by atoms with Gasteiger partial charge < -0.3 is 15.8 Å². The number of unbranched alkanes of at least 4 members (excludes halogenated alkanes) is 1. The van der Waals surface area contributed by atoms with Gasteiger partial charge in [0.05, 0.1) is 12.6 Å². The number of carbonyl (C=O) groups excluding carboxylic acids is 1. The van der Waals surface area contributed by atoms with Gasteiger partial charge in [-0.3, -0.25) is 4.79 Å². The molecule has 0 aromatic heterocycles. The van der Waals surface area contributed by atoms with Crippen molar-refractivity contribution in [2.75, 3.05) is 19.8 Å². The van der Waals surface area contributed by atoms with Crippen molar-refractivity contribution < 1.29 is 9.53 Å². The third-order valence-corrected chi connectivity index (χ3v) is 2.12. The predicted molar refractivity (Wildman–Crippen MR) is 61.6 cm³/mol. The first kappa shape index (κ1) is 14.4. The van der Waals surface area contributed by atoms with Gasteiger partial charge in [0, 0.05) is 13.2 Å². The number of rotatable bonds is 9. The topological polar surface area (TPSA) is 64.3 Å². The maximum Gasteiger partial charge on any atom is 0.236 e. The summed E-state index contributed by atoms with van der Waals surface area (Å²) in [6, 6.07) is -0.370. The minimum Gasteiger partial charge on any atom is -0.380 e. The summed E-state index contributed by atoms with van der Waals surface area (Å²) in [5.74, 6) is -0.0732. The van der Waals surface area contributed by atoms with Gasteiger partial charge in [0.1, 0.15) is 0 Å². The van der Waals surface area contributed by atoms with Crippen LogP contribution in [0.5, 0.6) is 0 Å². The molecule has 0 aromatic carbocycles. The average Bonchev–Trinajstić information content (AvgIpc) is 2.23. The highest BCUT2D eigenvalue weighted by atomic mass is 16.5. The van der Waals surface area contributed by atoms with Crippen LogP contribution in [0.4, 0.5) is 0 Å². The normalized spacial score (nSPS) is 12.5. The summed E-state index contributed by atoms with van der Waals surface area (Å²) in [5, 5.41) is 2.76. The highest BCUT2D eigenvalue weighted by Crippen LogP contribution is 1.92. The van der Waals surface area contributed by atoms with E-state index in [-0.39, 0.29) is 11.9 Å². The first-order chi connectivity index (χ1) is 7.22. The van der Waals surface area contributed by atoms with Crippen LogP contribution in [-0.2, 0) is 9.53 Å². The molecule has 0 spiro atoms. The first-order valence-electron chi connectivity index (χ1n) is 5.83. The predicted octanol–water partition coefficient (Wildman–Crippen LogP) is 1.05. The molecule has 0 heterocycles. The molecule has 1 amide bonds. The van der Waals surface area contributed by atoms with Crippen molar-refractivity contribution in [3.8, 4) is 0 Å². The second kappa shape index (κ2) is 9.93. The number of ether oxygens (including phenoxy) is 1. The van der Waals surface area contributed by atoms with Crippen molar-refractivity contribution >= 4 is 5.91 Å². The Morgan fingerprint density at radius 1 is 1.33 bits per heavy atom. The molecule has 1 unspecified atom stereocenters. The summed E-state index contributed by atoms with van der Waals surface area (Å²) in [6.07, 6.45) is 3.88. The lowest BCUT2D eigenvalue weighted by Gasteiger charge is -2.11. The van der Waals surface area contributed by atoms with Crippen molar-refractivity contribution in [3.05, 3.63) is 0 Å². The minimum absolute atomic E-state index is 0.0732. The van der Waals surface area contributed by atoms with Crippen LogP contribution >= 0.6 is 0 Å². The lowest BCUT2D eigenvalue weighted by atomic mass is 10.2. The van der Waals surface area contributed by atoms with Gasteiger partial charge in [-0.05, 0) is 12.8 Å². The fraction of sp³-hybridized carbons (Fsp3) is 0.909. The fourth-order valence-electron chi connectivity index (χ4n) is 1.17. The average molecular weight is 216 g/mol. The molecule has 0 saturated heterocycles. The van der Waals surface area contributed by atoms with Crippen LogP contribution in [0.3, 0.4) is 0 Å². The van der Waals surface area contributed by atoms with E-state index >= 15 is 0 Å². The van der Waals surface area contributed by atoms with E-state index in [1.165, 1.54) is 0 Å². The molecule has 0 bridgehead atoms. The highest BCUT2D eigenvalue weighted by Gasteiger charge is 2.10. The Labute approximate surface area is 92.6 Å². The molecule has 0 aliphatic carbocycles. The first-order valence-corrected chi connectivity index (χ1v) is 5.83. The van der Waals surface area contributed by atoms with E-state index in [9.17, 15) is 4.79 Å². The van der Waals surface area contributed by atoms with Crippen LogP contribution in [-0.4, -0.2) is 31.7 Å². The number of nitrogens with two attached hydrogens (primary N) is 1. The van der Waals surface area contributed by atoms with E-state index < -0.39 is 0 Å². The molecular formula is C11H24N2O2. The summed E-state index contributed by atoms with van der Waals surface area (Å²) >= 11 is 0. The molecule has 0 rings (SSSR count). The molecule has 90 valence electrons. The van der Waals surface area contributed by atoms with E-state index in [0.29, 0.717) is 13.2 Å². The maximum absolute atomic E-state index is 11.3. The van der Waals surface area contributed by atoms with Crippen LogP contribution in [0.15, 0.2) is 0 Å².